The molecule has 0 aliphatic heterocycles. The Morgan fingerprint density at radius 2 is 2.05 bits per heavy atom. The third-order valence-corrected chi connectivity index (χ3v) is 3.50. The first-order valence-electron chi connectivity index (χ1n) is 6.72. The number of rotatable bonds is 5. The van der Waals surface area contributed by atoms with Crippen LogP contribution in [-0.2, 0) is 6.18 Å². The van der Waals surface area contributed by atoms with Gasteiger partial charge in [0, 0.05) is 26.2 Å². The topological polar surface area (TPSA) is 41.0 Å². The Bertz CT molecular complexity index is 475. The van der Waals surface area contributed by atoms with Crippen LogP contribution in [-0.4, -0.2) is 30.1 Å². The van der Waals surface area contributed by atoms with Crippen molar-refractivity contribution in [1.29, 1.82) is 0 Å². The molecular weight excluding hydrogens is 269 g/mol. The Morgan fingerprint density at radius 1 is 1.40 bits per heavy atom. The van der Waals surface area contributed by atoms with E-state index in [4.69, 9.17) is 0 Å². The Labute approximate surface area is 116 Å². The first-order chi connectivity index (χ1) is 9.31. The third-order valence-electron chi connectivity index (χ3n) is 3.50. The van der Waals surface area contributed by atoms with Gasteiger partial charge in [0.15, 0.2) is 0 Å². The summed E-state index contributed by atoms with van der Waals surface area (Å²) in [7, 11) is 1.77. The van der Waals surface area contributed by atoms with Crippen LogP contribution in [0.1, 0.15) is 26.1 Å². The predicted octanol–water partition coefficient (Wildman–Crippen LogP) is 3.02. The molecule has 1 N–H and O–H groups in total. The van der Waals surface area contributed by atoms with Crippen LogP contribution in [0.4, 0.5) is 24.8 Å². The average molecular weight is 288 g/mol. The Morgan fingerprint density at radius 3 is 2.55 bits per heavy atom. The first-order valence-corrected chi connectivity index (χ1v) is 6.72. The molecule has 1 aliphatic carbocycles. The third kappa shape index (κ3) is 3.52. The summed E-state index contributed by atoms with van der Waals surface area (Å²) in [5.74, 6) is 0.617. The van der Waals surface area contributed by atoms with Gasteiger partial charge < -0.3 is 10.2 Å². The highest BCUT2D eigenvalue weighted by Gasteiger charge is 2.37. The molecule has 1 aliphatic rings. The lowest BCUT2D eigenvalue weighted by molar-refractivity contribution is -0.144. The van der Waals surface area contributed by atoms with Crippen LogP contribution in [0.5, 0.6) is 0 Å². The zero-order chi connectivity index (χ0) is 14.9. The number of halogens is 3. The molecule has 1 fully saturated rings. The van der Waals surface area contributed by atoms with Crippen LogP contribution in [0.3, 0.4) is 0 Å². The minimum Gasteiger partial charge on any atom is -0.370 e. The van der Waals surface area contributed by atoms with E-state index in [-0.39, 0.29) is 5.82 Å². The van der Waals surface area contributed by atoms with Crippen molar-refractivity contribution in [2.24, 2.45) is 11.8 Å². The van der Waals surface area contributed by atoms with E-state index < -0.39 is 12.0 Å². The smallest absolute Gasteiger partial charge is 0.370 e. The lowest BCUT2D eigenvalue weighted by Crippen LogP contribution is -2.24. The molecule has 1 aromatic heterocycles. The molecule has 1 aromatic rings. The molecule has 0 saturated heterocycles. The van der Waals surface area contributed by atoms with Crippen LogP contribution in [0.15, 0.2) is 6.07 Å². The molecular formula is C13H19F3N4. The summed E-state index contributed by atoms with van der Waals surface area (Å²) in [5, 5.41) is 2.82. The van der Waals surface area contributed by atoms with E-state index >= 15 is 0 Å². The maximum absolute atomic E-state index is 12.8. The van der Waals surface area contributed by atoms with Gasteiger partial charge in [0.2, 0.25) is 5.82 Å². The number of aromatic nitrogens is 2. The van der Waals surface area contributed by atoms with Crippen molar-refractivity contribution in [3.05, 3.63) is 11.9 Å². The molecule has 2 atom stereocenters. The summed E-state index contributed by atoms with van der Waals surface area (Å²) < 4.78 is 38.5. The zero-order valence-corrected chi connectivity index (χ0v) is 11.8. The van der Waals surface area contributed by atoms with Crippen molar-refractivity contribution in [3.8, 4) is 0 Å². The maximum Gasteiger partial charge on any atom is 0.451 e. The summed E-state index contributed by atoms with van der Waals surface area (Å²) in [6.07, 6.45) is -3.41. The zero-order valence-electron chi connectivity index (χ0n) is 11.8. The average Bonchev–Trinajstić information content (AvgIpc) is 3.03. The van der Waals surface area contributed by atoms with E-state index in [1.54, 1.807) is 18.0 Å². The second kappa shape index (κ2) is 5.46. The summed E-state index contributed by atoms with van der Waals surface area (Å²) in [6, 6.07) is 1.56. The minimum atomic E-state index is -4.53. The first kappa shape index (κ1) is 14.9. The van der Waals surface area contributed by atoms with E-state index in [0.717, 1.165) is 13.0 Å². The summed E-state index contributed by atoms with van der Waals surface area (Å²) in [5.41, 5.74) is 0. The Kier molecular flexibility index (Phi) is 4.06. The number of hydrogen-bond acceptors (Lipinski definition) is 4. The molecule has 7 heteroatoms. The molecule has 1 saturated carbocycles. The van der Waals surface area contributed by atoms with Crippen molar-refractivity contribution >= 4 is 11.6 Å². The van der Waals surface area contributed by atoms with Crippen LogP contribution in [0.25, 0.3) is 0 Å². The van der Waals surface area contributed by atoms with Gasteiger partial charge in [0.1, 0.15) is 11.6 Å². The van der Waals surface area contributed by atoms with Gasteiger partial charge in [-0.15, -0.1) is 0 Å². The fourth-order valence-electron chi connectivity index (χ4n) is 2.13. The quantitative estimate of drug-likeness (QED) is 0.904. The SMILES string of the molecule is CCNc1cc(N(C)CC2CC2C)nc(C(F)(F)F)n1. The summed E-state index contributed by atoms with van der Waals surface area (Å²) >= 11 is 0. The summed E-state index contributed by atoms with van der Waals surface area (Å²) in [6.45, 7) is 5.19. The monoisotopic (exact) mass is 288 g/mol. The molecule has 0 amide bonds. The van der Waals surface area contributed by atoms with Crippen molar-refractivity contribution in [2.45, 2.75) is 26.4 Å². The number of nitrogens with zero attached hydrogens (tertiary/aromatic N) is 3. The van der Waals surface area contributed by atoms with Crippen molar-refractivity contribution in [1.82, 2.24) is 9.97 Å². The van der Waals surface area contributed by atoms with Gasteiger partial charge in [-0.05, 0) is 25.2 Å². The van der Waals surface area contributed by atoms with Crippen molar-refractivity contribution in [2.75, 3.05) is 30.4 Å². The van der Waals surface area contributed by atoms with E-state index in [9.17, 15) is 13.2 Å². The molecule has 4 nitrogen and oxygen atoms in total. The van der Waals surface area contributed by atoms with Crippen LogP contribution in [0, 0.1) is 11.8 Å². The molecule has 112 valence electrons. The molecule has 20 heavy (non-hydrogen) atoms. The lowest BCUT2D eigenvalue weighted by atomic mass is 10.3. The fraction of sp³-hybridized carbons (Fsp3) is 0.692. The normalized spacial score (nSPS) is 21.7. The van der Waals surface area contributed by atoms with Crippen LogP contribution >= 0.6 is 0 Å². The van der Waals surface area contributed by atoms with Crippen LogP contribution in [0.2, 0.25) is 0 Å². The predicted molar refractivity (Wildman–Crippen MR) is 71.7 cm³/mol. The number of nitrogens with one attached hydrogen (secondary N) is 1. The highest BCUT2D eigenvalue weighted by molar-refractivity contribution is 5.49. The second-order valence-electron chi connectivity index (χ2n) is 5.32. The van der Waals surface area contributed by atoms with Gasteiger partial charge in [0.25, 0.3) is 0 Å². The molecule has 0 aromatic carbocycles. The minimum absolute atomic E-state index is 0.209. The van der Waals surface area contributed by atoms with Gasteiger partial charge in [-0.25, -0.2) is 9.97 Å². The number of anilines is 2. The lowest BCUT2D eigenvalue weighted by Gasteiger charge is -2.20. The molecule has 0 radical (unpaired) electrons. The maximum atomic E-state index is 12.8. The molecule has 0 bridgehead atoms. The highest BCUT2D eigenvalue weighted by Crippen LogP contribution is 2.39. The largest absolute Gasteiger partial charge is 0.451 e. The van der Waals surface area contributed by atoms with Gasteiger partial charge in [0.05, 0.1) is 0 Å². The second-order valence-corrected chi connectivity index (χ2v) is 5.32. The van der Waals surface area contributed by atoms with Crippen molar-refractivity contribution in [3.63, 3.8) is 0 Å². The van der Waals surface area contributed by atoms with Gasteiger partial charge in [-0.3, -0.25) is 0 Å². The Balaban J connectivity index is 2.23. The van der Waals surface area contributed by atoms with E-state index in [2.05, 4.69) is 22.2 Å². The van der Waals surface area contributed by atoms with E-state index in [0.29, 0.717) is 24.2 Å². The van der Waals surface area contributed by atoms with Gasteiger partial charge >= 0.3 is 6.18 Å². The van der Waals surface area contributed by atoms with E-state index in [1.165, 1.54) is 0 Å². The summed E-state index contributed by atoms with van der Waals surface area (Å²) in [4.78, 5) is 8.92. The molecule has 1 heterocycles. The number of alkyl halides is 3. The number of hydrogen-bond donors (Lipinski definition) is 1. The highest BCUT2D eigenvalue weighted by atomic mass is 19.4. The Hall–Kier alpha value is -1.53. The van der Waals surface area contributed by atoms with Crippen molar-refractivity contribution < 1.29 is 13.2 Å². The van der Waals surface area contributed by atoms with Crippen LogP contribution < -0.4 is 10.2 Å². The molecule has 2 rings (SSSR count). The van der Waals surface area contributed by atoms with Gasteiger partial charge in [-0.1, -0.05) is 6.92 Å². The molecule has 2 unspecified atom stereocenters. The van der Waals surface area contributed by atoms with Gasteiger partial charge in [-0.2, -0.15) is 13.2 Å². The van der Waals surface area contributed by atoms with E-state index in [1.807, 2.05) is 6.92 Å². The standard InChI is InChI=1S/C13H19F3N4/c1-4-17-10-6-11(19-12(18-10)13(14,15)16)20(3)7-9-5-8(9)2/h6,8-9H,4-5,7H2,1-3H3,(H,17,18,19). The fourth-order valence-corrected chi connectivity index (χ4v) is 2.13. The molecule has 0 spiro atoms.